The van der Waals surface area contributed by atoms with Crippen LogP contribution in [0.3, 0.4) is 0 Å². The van der Waals surface area contributed by atoms with Crippen molar-refractivity contribution in [1.82, 2.24) is 0 Å². The predicted octanol–water partition coefficient (Wildman–Crippen LogP) is 1.64. The largest absolute Gasteiger partial charge is 0.377 e. The number of rotatable bonds is 5. The first-order chi connectivity index (χ1) is 4.70. The topological polar surface area (TPSA) is 26.3 Å². The van der Waals surface area contributed by atoms with Crippen LogP contribution >= 0.6 is 0 Å². The Labute approximate surface area is 62.6 Å². The molecule has 10 heavy (non-hydrogen) atoms. The lowest BCUT2D eigenvalue weighted by Crippen LogP contribution is -2.10. The van der Waals surface area contributed by atoms with E-state index < -0.39 is 0 Å². The normalized spacial score (nSPS) is 13.1. The molecule has 0 aliphatic heterocycles. The Morgan fingerprint density at radius 1 is 1.60 bits per heavy atom. The third-order valence-corrected chi connectivity index (χ3v) is 1.58. The van der Waals surface area contributed by atoms with Gasteiger partial charge in [-0.25, -0.2) is 0 Å². The van der Waals surface area contributed by atoms with E-state index in [-0.39, 0.29) is 12.4 Å². The van der Waals surface area contributed by atoms with E-state index in [0.29, 0.717) is 12.3 Å². The van der Waals surface area contributed by atoms with E-state index in [1.165, 1.54) is 0 Å². The molecule has 0 heterocycles. The first-order valence-electron chi connectivity index (χ1n) is 3.71. The number of hydrogen-bond donors (Lipinski definition) is 0. The lowest BCUT2D eigenvalue weighted by atomic mass is 10.0. The first-order valence-corrected chi connectivity index (χ1v) is 3.71. The molecule has 0 aromatic heterocycles. The fourth-order valence-corrected chi connectivity index (χ4v) is 0.753. The highest BCUT2D eigenvalue weighted by Crippen LogP contribution is 2.06. The summed E-state index contributed by atoms with van der Waals surface area (Å²) in [5.41, 5.74) is 0. The highest BCUT2D eigenvalue weighted by atomic mass is 16.5. The molecule has 60 valence electrons. The van der Waals surface area contributed by atoms with Gasteiger partial charge in [0.2, 0.25) is 0 Å². The van der Waals surface area contributed by atoms with Crippen LogP contribution in [0.4, 0.5) is 0 Å². The van der Waals surface area contributed by atoms with E-state index in [1.54, 1.807) is 7.11 Å². The maximum absolute atomic E-state index is 10.9. The lowest BCUT2D eigenvalue weighted by Gasteiger charge is -2.05. The van der Waals surface area contributed by atoms with Gasteiger partial charge in [-0.05, 0) is 5.92 Å². The molecule has 0 unspecified atom stereocenters. The molecule has 0 N–H and O–H groups in total. The van der Waals surface area contributed by atoms with Crippen molar-refractivity contribution in [3.05, 3.63) is 0 Å². The van der Waals surface area contributed by atoms with Crippen molar-refractivity contribution >= 4 is 5.78 Å². The van der Waals surface area contributed by atoms with Gasteiger partial charge in [0.05, 0.1) is 0 Å². The highest BCUT2D eigenvalue weighted by molar-refractivity contribution is 5.79. The molecule has 1 atom stereocenters. The van der Waals surface area contributed by atoms with Crippen molar-refractivity contribution in [2.24, 2.45) is 5.92 Å². The highest BCUT2D eigenvalue weighted by Gasteiger charge is 2.05. The Kier molecular flexibility index (Phi) is 5.22. The van der Waals surface area contributed by atoms with Gasteiger partial charge in [0, 0.05) is 13.5 Å². The Hall–Kier alpha value is -0.370. The van der Waals surface area contributed by atoms with Gasteiger partial charge in [-0.3, -0.25) is 4.79 Å². The molecular weight excluding hydrogens is 128 g/mol. The van der Waals surface area contributed by atoms with Crippen molar-refractivity contribution in [1.29, 1.82) is 0 Å². The van der Waals surface area contributed by atoms with E-state index in [9.17, 15) is 4.79 Å². The molecule has 0 aliphatic rings. The van der Waals surface area contributed by atoms with Crippen LogP contribution in [0.2, 0.25) is 0 Å². The van der Waals surface area contributed by atoms with Gasteiger partial charge >= 0.3 is 0 Å². The summed E-state index contributed by atoms with van der Waals surface area (Å²) in [4.78, 5) is 10.9. The summed E-state index contributed by atoms with van der Waals surface area (Å²) >= 11 is 0. The quantitative estimate of drug-likeness (QED) is 0.586. The van der Waals surface area contributed by atoms with Crippen LogP contribution in [0.5, 0.6) is 0 Å². The molecule has 0 rings (SSSR count). The third kappa shape index (κ3) is 4.50. The molecular formula is C8H16O2. The summed E-state index contributed by atoms with van der Waals surface area (Å²) in [6, 6.07) is 0. The lowest BCUT2D eigenvalue weighted by molar-refractivity contribution is -0.123. The molecule has 0 aromatic rings. The molecule has 0 aliphatic carbocycles. The van der Waals surface area contributed by atoms with Crippen molar-refractivity contribution in [3.63, 3.8) is 0 Å². The van der Waals surface area contributed by atoms with E-state index in [4.69, 9.17) is 4.74 Å². The Morgan fingerprint density at radius 2 is 2.20 bits per heavy atom. The molecule has 0 amide bonds. The zero-order valence-electron chi connectivity index (χ0n) is 7.02. The van der Waals surface area contributed by atoms with Gasteiger partial charge in [-0.2, -0.15) is 0 Å². The summed E-state index contributed by atoms with van der Waals surface area (Å²) in [7, 11) is 1.55. The van der Waals surface area contributed by atoms with Crippen molar-refractivity contribution in [3.8, 4) is 0 Å². The second-order valence-electron chi connectivity index (χ2n) is 2.69. The summed E-state index contributed by atoms with van der Waals surface area (Å²) in [5.74, 6) is 0.708. The van der Waals surface area contributed by atoms with E-state index in [1.807, 2.05) is 0 Å². The second-order valence-corrected chi connectivity index (χ2v) is 2.69. The second kappa shape index (κ2) is 5.42. The standard InChI is InChI=1S/C8H16O2/c1-4-7(2)5-8(9)6-10-3/h7H,4-6H2,1-3H3/t7-/m0/s1. The smallest absolute Gasteiger partial charge is 0.158 e. The molecule has 2 heteroatoms. The monoisotopic (exact) mass is 144 g/mol. The zero-order valence-corrected chi connectivity index (χ0v) is 7.02. The van der Waals surface area contributed by atoms with Gasteiger partial charge in [-0.1, -0.05) is 20.3 Å². The van der Waals surface area contributed by atoms with Crippen LogP contribution in [0, 0.1) is 5.92 Å². The number of hydrogen-bond acceptors (Lipinski definition) is 2. The van der Waals surface area contributed by atoms with E-state index >= 15 is 0 Å². The minimum atomic E-state index is 0.205. The minimum Gasteiger partial charge on any atom is -0.377 e. The van der Waals surface area contributed by atoms with Crippen LogP contribution in [0.25, 0.3) is 0 Å². The van der Waals surface area contributed by atoms with Gasteiger partial charge in [0.1, 0.15) is 6.61 Å². The average molecular weight is 144 g/mol. The summed E-state index contributed by atoms with van der Waals surface area (Å²) in [6.07, 6.45) is 1.72. The van der Waals surface area contributed by atoms with Crippen LogP contribution in [-0.2, 0) is 9.53 Å². The number of ether oxygens (including phenoxy) is 1. The fraction of sp³-hybridized carbons (Fsp3) is 0.875. The number of ketones is 1. The van der Waals surface area contributed by atoms with Crippen LogP contribution < -0.4 is 0 Å². The third-order valence-electron chi connectivity index (χ3n) is 1.58. The Balaban J connectivity index is 3.37. The first kappa shape index (κ1) is 9.63. The number of carbonyl (C=O) groups excluding carboxylic acids is 1. The average Bonchev–Trinajstić information content (AvgIpc) is 1.88. The van der Waals surface area contributed by atoms with Crippen molar-refractivity contribution in [2.45, 2.75) is 26.7 Å². The number of carbonyl (C=O) groups is 1. The maximum Gasteiger partial charge on any atom is 0.158 e. The molecule has 0 fully saturated rings. The molecule has 0 aromatic carbocycles. The molecule has 0 spiro atoms. The van der Waals surface area contributed by atoms with Crippen LogP contribution in [0.15, 0.2) is 0 Å². The fourth-order valence-electron chi connectivity index (χ4n) is 0.753. The predicted molar refractivity (Wildman–Crippen MR) is 41.0 cm³/mol. The molecule has 0 radical (unpaired) electrons. The summed E-state index contributed by atoms with van der Waals surface area (Å²) < 4.78 is 4.70. The van der Waals surface area contributed by atoms with Crippen LogP contribution in [-0.4, -0.2) is 19.5 Å². The number of methoxy groups -OCH3 is 1. The number of Topliss-reactive ketones (excluding diaryl/α,β-unsaturated/α-hetero) is 1. The zero-order chi connectivity index (χ0) is 7.98. The Bertz CT molecular complexity index is 99.4. The van der Waals surface area contributed by atoms with Crippen molar-refractivity contribution < 1.29 is 9.53 Å². The molecule has 0 saturated carbocycles. The summed E-state index contributed by atoms with van der Waals surface area (Å²) in [5, 5.41) is 0. The SMILES string of the molecule is CC[C@H](C)CC(=O)COC. The van der Waals surface area contributed by atoms with Gasteiger partial charge < -0.3 is 4.74 Å². The molecule has 2 nitrogen and oxygen atoms in total. The maximum atomic E-state index is 10.9. The minimum absolute atomic E-state index is 0.205. The van der Waals surface area contributed by atoms with Crippen molar-refractivity contribution in [2.75, 3.05) is 13.7 Å². The summed E-state index contributed by atoms with van der Waals surface area (Å²) in [6.45, 7) is 4.43. The van der Waals surface area contributed by atoms with Gasteiger partial charge in [-0.15, -0.1) is 0 Å². The van der Waals surface area contributed by atoms with E-state index in [2.05, 4.69) is 13.8 Å². The molecule has 0 bridgehead atoms. The van der Waals surface area contributed by atoms with E-state index in [0.717, 1.165) is 6.42 Å². The van der Waals surface area contributed by atoms with Gasteiger partial charge in [0.25, 0.3) is 0 Å². The Morgan fingerprint density at radius 3 is 2.60 bits per heavy atom. The van der Waals surface area contributed by atoms with Crippen LogP contribution in [0.1, 0.15) is 26.7 Å². The van der Waals surface area contributed by atoms with Gasteiger partial charge in [0.15, 0.2) is 5.78 Å². The molecule has 0 saturated heterocycles.